The Labute approximate surface area is 126 Å². The molecule has 0 radical (unpaired) electrons. The molecule has 2 fully saturated rings. The average molecular weight is 280 g/mol. The van der Waals surface area contributed by atoms with Gasteiger partial charge in [-0.15, -0.1) is 0 Å². The zero-order valence-electron chi connectivity index (χ0n) is 14.2. The van der Waals surface area contributed by atoms with E-state index in [9.17, 15) is 0 Å². The maximum absolute atomic E-state index is 3.69. The maximum atomic E-state index is 3.69. The molecule has 1 N–H and O–H groups in total. The predicted molar refractivity (Wildman–Crippen MR) is 88.0 cm³/mol. The van der Waals surface area contributed by atoms with Gasteiger partial charge in [-0.05, 0) is 82.8 Å². The highest BCUT2D eigenvalue weighted by Gasteiger charge is 2.31. The summed E-state index contributed by atoms with van der Waals surface area (Å²) in [5, 5.41) is 3.69. The van der Waals surface area contributed by atoms with Crippen molar-refractivity contribution in [2.45, 2.75) is 78.3 Å². The van der Waals surface area contributed by atoms with E-state index < -0.39 is 0 Å². The second-order valence-electron chi connectivity index (χ2n) is 7.54. The Hall–Kier alpha value is -0.0800. The molecule has 0 aromatic heterocycles. The Morgan fingerprint density at radius 2 is 1.75 bits per heavy atom. The highest BCUT2D eigenvalue weighted by atomic mass is 15.2. The van der Waals surface area contributed by atoms with Crippen molar-refractivity contribution in [1.82, 2.24) is 10.2 Å². The van der Waals surface area contributed by atoms with Crippen LogP contribution in [-0.4, -0.2) is 36.6 Å². The summed E-state index contributed by atoms with van der Waals surface area (Å²) in [4.78, 5) is 2.81. The number of nitrogens with one attached hydrogen (secondary N) is 1. The Balaban J connectivity index is 1.74. The van der Waals surface area contributed by atoms with E-state index in [1.54, 1.807) is 0 Å². The van der Waals surface area contributed by atoms with Crippen LogP contribution in [0.1, 0.15) is 66.2 Å². The second-order valence-corrected chi connectivity index (χ2v) is 7.54. The van der Waals surface area contributed by atoms with Crippen LogP contribution in [0.15, 0.2) is 0 Å². The lowest BCUT2D eigenvalue weighted by molar-refractivity contribution is 0.0695. The maximum Gasteiger partial charge on any atom is 0.00979 e. The van der Waals surface area contributed by atoms with E-state index in [0.29, 0.717) is 6.04 Å². The molecule has 0 amide bonds. The summed E-state index contributed by atoms with van der Waals surface area (Å²) >= 11 is 0. The molecule has 0 bridgehead atoms. The van der Waals surface area contributed by atoms with Crippen molar-refractivity contribution < 1.29 is 0 Å². The smallest absolute Gasteiger partial charge is 0.00979 e. The molecule has 0 aromatic carbocycles. The minimum Gasteiger partial charge on any atom is -0.314 e. The van der Waals surface area contributed by atoms with Gasteiger partial charge in [-0.2, -0.15) is 0 Å². The third-order valence-corrected chi connectivity index (χ3v) is 6.08. The lowest BCUT2D eigenvalue weighted by Gasteiger charge is -2.43. The van der Waals surface area contributed by atoms with Crippen molar-refractivity contribution in [3.8, 4) is 0 Å². The number of likely N-dealkylation sites (tertiary alicyclic amines) is 1. The van der Waals surface area contributed by atoms with Gasteiger partial charge in [-0.25, -0.2) is 0 Å². The summed E-state index contributed by atoms with van der Waals surface area (Å²) in [5.74, 6) is 2.77. The fourth-order valence-corrected chi connectivity index (χ4v) is 4.17. The van der Waals surface area contributed by atoms with Crippen LogP contribution in [0.3, 0.4) is 0 Å². The summed E-state index contributed by atoms with van der Waals surface area (Å²) in [6.07, 6.45) is 8.38. The van der Waals surface area contributed by atoms with Gasteiger partial charge in [0.15, 0.2) is 0 Å². The van der Waals surface area contributed by atoms with Crippen LogP contribution in [-0.2, 0) is 0 Å². The third-order valence-electron chi connectivity index (χ3n) is 6.08. The molecule has 0 spiro atoms. The van der Waals surface area contributed by atoms with Crippen molar-refractivity contribution >= 4 is 0 Å². The minimum absolute atomic E-state index is 0.711. The largest absolute Gasteiger partial charge is 0.314 e. The Kier molecular flexibility index (Phi) is 6.35. The van der Waals surface area contributed by atoms with Crippen molar-refractivity contribution in [1.29, 1.82) is 0 Å². The fraction of sp³-hybridized carbons (Fsp3) is 1.00. The van der Waals surface area contributed by atoms with Gasteiger partial charge in [-0.3, -0.25) is 0 Å². The molecule has 2 rings (SSSR count). The number of hydrogen-bond acceptors (Lipinski definition) is 2. The molecular weight excluding hydrogens is 244 g/mol. The highest BCUT2D eigenvalue weighted by Crippen LogP contribution is 2.34. The molecule has 1 aliphatic carbocycles. The van der Waals surface area contributed by atoms with Gasteiger partial charge in [-0.1, -0.05) is 20.8 Å². The summed E-state index contributed by atoms with van der Waals surface area (Å²) in [7, 11) is 0. The van der Waals surface area contributed by atoms with Crippen LogP contribution in [0.2, 0.25) is 0 Å². The molecule has 0 aromatic rings. The van der Waals surface area contributed by atoms with E-state index in [4.69, 9.17) is 0 Å². The molecule has 2 heteroatoms. The van der Waals surface area contributed by atoms with E-state index in [1.807, 2.05) is 0 Å². The first-order chi connectivity index (χ1) is 9.61. The van der Waals surface area contributed by atoms with Gasteiger partial charge in [0.25, 0.3) is 0 Å². The molecule has 1 saturated heterocycles. The summed E-state index contributed by atoms with van der Waals surface area (Å²) in [6, 6.07) is 1.60. The summed E-state index contributed by atoms with van der Waals surface area (Å²) in [5.41, 5.74) is 0. The molecule has 4 atom stereocenters. The molecule has 118 valence electrons. The van der Waals surface area contributed by atoms with Crippen LogP contribution >= 0.6 is 0 Å². The lowest BCUT2D eigenvalue weighted by atomic mass is 9.77. The van der Waals surface area contributed by atoms with Gasteiger partial charge < -0.3 is 10.2 Å². The van der Waals surface area contributed by atoms with Crippen molar-refractivity contribution in [2.24, 2.45) is 17.8 Å². The fourth-order valence-electron chi connectivity index (χ4n) is 4.17. The SMILES string of the molecule is CCCNC(C)C1CCN(C2CCC(C)C(C)C2)CC1. The molecule has 4 unspecified atom stereocenters. The lowest BCUT2D eigenvalue weighted by Crippen LogP contribution is -2.47. The summed E-state index contributed by atoms with van der Waals surface area (Å²) in [6.45, 7) is 13.4. The first-order valence-electron chi connectivity index (χ1n) is 9.09. The Morgan fingerprint density at radius 1 is 1.05 bits per heavy atom. The topological polar surface area (TPSA) is 15.3 Å². The first kappa shape index (κ1) is 16.3. The van der Waals surface area contributed by atoms with Crippen molar-refractivity contribution in [3.63, 3.8) is 0 Å². The Morgan fingerprint density at radius 3 is 2.35 bits per heavy atom. The van der Waals surface area contributed by atoms with Crippen LogP contribution in [0.4, 0.5) is 0 Å². The quantitative estimate of drug-likeness (QED) is 0.821. The zero-order chi connectivity index (χ0) is 14.5. The van der Waals surface area contributed by atoms with Crippen LogP contribution in [0.5, 0.6) is 0 Å². The molecule has 2 aliphatic rings. The third kappa shape index (κ3) is 4.21. The molecule has 1 saturated carbocycles. The molecular formula is C18H36N2. The molecule has 2 nitrogen and oxygen atoms in total. The van der Waals surface area contributed by atoms with Gasteiger partial charge in [0.2, 0.25) is 0 Å². The standard InChI is InChI=1S/C18H36N2/c1-5-10-19-16(4)17-8-11-20(12-9-17)18-7-6-14(2)15(3)13-18/h14-19H,5-13H2,1-4H3. The van der Waals surface area contributed by atoms with E-state index in [2.05, 4.69) is 37.9 Å². The van der Waals surface area contributed by atoms with Gasteiger partial charge in [0.1, 0.15) is 0 Å². The normalized spacial score (nSPS) is 35.1. The van der Waals surface area contributed by atoms with E-state index in [1.165, 1.54) is 58.2 Å². The monoisotopic (exact) mass is 280 g/mol. The number of piperidine rings is 1. The number of rotatable bonds is 5. The molecule has 1 heterocycles. The molecule has 1 aliphatic heterocycles. The van der Waals surface area contributed by atoms with Gasteiger partial charge in [0.05, 0.1) is 0 Å². The summed E-state index contributed by atoms with van der Waals surface area (Å²) < 4.78 is 0. The Bertz CT molecular complexity index is 271. The van der Waals surface area contributed by atoms with E-state index in [-0.39, 0.29) is 0 Å². The highest BCUT2D eigenvalue weighted by molar-refractivity contribution is 4.86. The van der Waals surface area contributed by atoms with Crippen LogP contribution < -0.4 is 5.32 Å². The average Bonchev–Trinajstić information content (AvgIpc) is 2.48. The van der Waals surface area contributed by atoms with E-state index >= 15 is 0 Å². The van der Waals surface area contributed by atoms with Gasteiger partial charge in [0, 0.05) is 12.1 Å². The van der Waals surface area contributed by atoms with Crippen LogP contribution in [0, 0.1) is 17.8 Å². The van der Waals surface area contributed by atoms with Gasteiger partial charge >= 0.3 is 0 Å². The van der Waals surface area contributed by atoms with Crippen molar-refractivity contribution in [3.05, 3.63) is 0 Å². The second kappa shape index (κ2) is 7.79. The zero-order valence-corrected chi connectivity index (χ0v) is 14.2. The molecule has 20 heavy (non-hydrogen) atoms. The predicted octanol–water partition coefficient (Wildman–Crippen LogP) is 3.91. The number of hydrogen-bond donors (Lipinski definition) is 1. The minimum atomic E-state index is 0.711. The first-order valence-corrected chi connectivity index (χ1v) is 9.09. The van der Waals surface area contributed by atoms with Crippen molar-refractivity contribution in [2.75, 3.05) is 19.6 Å². The number of nitrogens with zero attached hydrogens (tertiary/aromatic N) is 1. The van der Waals surface area contributed by atoms with Crippen LogP contribution in [0.25, 0.3) is 0 Å². The van der Waals surface area contributed by atoms with E-state index in [0.717, 1.165) is 23.8 Å².